The molecule has 26 heavy (non-hydrogen) atoms. The lowest BCUT2D eigenvalue weighted by Crippen LogP contribution is -2.32. The molecule has 0 radical (unpaired) electrons. The van der Waals surface area contributed by atoms with Crippen LogP contribution in [0.2, 0.25) is 0 Å². The zero-order valence-corrected chi connectivity index (χ0v) is 16.4. The van der Waals surface area contributed by atoms with E-state index in [1.807, 2.05) is 53.7 Å². The van der Waals surface area contributed by atoms with E-state index in [0.29, 0.717) is 5.75 Å². The molecule has 0 aliphatic heterocycles. The minimum Gasteiger partial charge on any atom is -0.507 e. The summed E-state index contributed by atoms with van der Waals surface area (Å²) in [5.41, 5.74) is 9.79. The maximum absolute atomic E-state index is 10.9. The number of phenols is 1. The largest absolute Gasteiger partial charge is 0.507 e. The Kier molecular flexibility index (Phi) is 7.65. The van der Waals surface area contributed by atoms with Crippen LogP contribution in [-0.2, 0) is 11.2 Å². The minimum atomic E-state index is -1.01. The van der Waals surface area contributed by atoms with Crippen LogP contribution in [0.4, 0.5) is 0 Å². The molecule has 2 rings (SSSR count). The fourth-order valence-corrected chi connectivity index (χ4v) is 2.75. The predicted octanol–water partition coefficient (Wildman–Crippen LogP) is 4.40. The first-order valence-corrected chi connectivity index (χ1v) is 8.75. The first kappa shape index (κ1) is 21.5. The van der Waals surface area contributed by atoms with Crippen LogP contribution in [0.15, 0.2) is 24.3 Å². The number of carboxylic acids is 1. The molecular formula is C21H29NO4. The van der Waals surface area contributed by atoms with Crippen molar-refractivity contribution in [2.75, 3.05) is 0 Å². The van der Waals surface area contributed by atoms with Crippen LogP contribution < -0.4 is 10.5 Å². The molecule has 4 N–H and O–H groups in total. The van der Waals surface area contributed by atoms with E-state index < -0.39 is 12.0 Å². The molecule has 0 amide bonds. The molecule has 0 aliphatic rings. The van der Waals surface area contributed by atoms with Gasteiger partial charge in [-0.25, -0.2) is 0 Å². The van der Waals surface area contributed by atoms with Gasteiger partial charge in [0.1, 0.15) is 23.3 Å². The summed E-state index contributed by atoms with van der Waals surface area (Å²) in [4.78, 5) is 10.9. The number of carboxylic acid groups (broad SMARTS) is 1. The van der Waals surface area contributed by atoms with Gasteiger partial charge in [0.05, 0.1) is 0 Å². The summed E-state index contributed by atoms with van der Waals surface area (Å²) in [6, 6.07) is 6.44. The highest BCUT2D eigenvalue weighted by Crippen LogP contribution is 2.33. The van der Waals surface area contributed by atoms with Gasteiger partial charge < -0.3 is 20.7 Å². The van der Waals surface area contributed by atoms with Crippen LogP contribution in [0.5, 0.6) is 17.2 Å². The number of ether oxygens (including phenoxy) is 1. The number of carbonyl (C=O) groups is 1. The molecule has 0 fully saturated rings. The lowest BCUT2D eigenvalue weighted by molar-refractivity contribution is -0.138. The van der Waals surface area contributed by atoms with Crippen molar-refractivity contribution in [1.29, 1.82) is 0 Å². The molecule has 5 heteroatoms. The molecule has 5 nitrogen and oxygen atoms in total. The highest BCUT2D eigenvalue weighted by molar-refractivity contribution is 5.73. The summed E-state index contributed by atoms with van der Waals surface area (Å²) in [5.74, 6) is 0.644. The van der Waals surface area contributed by atoms with Gasteiger partial charge in [0.2, 0.25) is 0 Å². The standard InChI is InChI=1S/C19H23NO4.C2H6/c1-10-7-15(8-11(2)17(10)21)24-18-12(3)5-14(6-13(18)4)9-16(20)19(22)23;1-2/h5-8,16,21H,9,20H2,1-4H3,(H,22,23);1-2H3. The zero-order valence-electron chi connectivity index (χ0n) is 16.4. The number of rotatable bonds is 5. The van der Waals surface area contributed by atoms with E-state index in [1.165, 1.54) is 0 Å². The second kappa shape index (κ2) is 9.25. The van der Waals surface area contributed by atoms with E-state index in [2.05, 4.69) is 0 Å². The highest BCUT2D eigenvalue weighted by Gasteiger charge is 2.15. The molecule has 0 spiro atoms. The molecule has 2 aromatic rings. The average molecular weight is 359 g/mol. The molecule has 0 aromatic heterocycles. The Balaban J connectivity index is 0.00000163. The van der Waals surface area contributed by atoms with Gasteiger partial charge in [0.25, 0.3) is 0 Å². The molecule has 0 bridgehead atoms. The topological polar surface area (TPSA) is 92.8 Å². The summed E-state index contributed by atoms with van der Waals surface area (Å²) < 4.78 is 6.01. The number of aliphatic carboxylic acids is 1. The lowest BCUT2D eigenvalue weighted by atomic mass is 10.0. The van der Waals surface area contributed by atoms with Crippen LogP contribution in [0, 0.1) is 27.7 Å². The maximum Gasteiger partial charge on any atom is 0.320 e. The Hall–Kier alpha value is -2.53. The lowest BCUT2D eigenvalue weighted by Gasteiger charge is -2.16. The number of nitrogens with two attached hydrogens (primary N) is 1. The second-order valence-corrected chi connectivity index (χ2v) is 6.22. The first-order chi connectivity index (χ1) is 12.2. The van der Waals surface area contributed by atoms with Gasteiger partial charge in [0.15, 0.2) is 0 Å². The molecule has 0 aliphatic carbocycles. The summed E-state index contributed by atoms with van der Waals surface area (Å²) in [7, 11) is 0. The molecule has 142 valence electrons. The molecule has 0 heterocycles. The molecule has 2 aromatic carbocycles. The molecule has 0 saturated carbocycles. The van der Waals surface area contributed by atoms with E-state index in [4.69, 9.17) is 15.6 Å². The van der Waals surface area contributed by atoms with Crippen molar-refractivity contribution in [2.45, 2.75) is 54.0 Å². The SMILES string of the molecule is CC.Cc1cc(Oc2c(C)cc(CC(N)C(=O)O)cc2C)cc(C)c1O. The number of hydrogen-bond donors (Lipinski definition) is 3. The van der Waals surface area contributed by atoms with Crippen molar-refractivity contribution in [3.05, 3.63) is 52.1 Å². The van der Waals surface area contributed by atoms with Gasteiger partial charge in [-0.2, -0.15) is 0 Å². The maximum atomic E-state index is 10.9. The Labute approximate surface area is 155 Å². The summed E-state index contributed by atoms with van der Waals surface area (Å²) >= 11 is 0. The monoisotopic (exact) mass is 359 g/mol. The molecular weight excluding hydrogens is 330 g/mol. The fourth-order valence-electron chi connectivity index (χ4n) is 2.75. The fraction of sp³-hybridized carbons (Fsp3) is 0.381. The molecule has 0 saturated heterocycles. The summed E-state index contributed by atoms with van der Waals surface area (Å²) in [6.45, 7) is 11.5. The van der Waals surface area contributed by atoms with Gasteiger partial charge in [-0.15, -0.1) is 0 Å². The molecule has 1 atom stereocenters. The van der Waals surface area contributed by atoms with E-state index >= 15 is 0 Å². The van der Waals surface area contributed by atoms with E-state index in [9.17, 15) is 9.90 Å². The van der Waals surface area contributed by atoms with Gasteiger partial charge in [-0.05, 0) is 74.1 Å². The Morgan fingerprint density at radius 1 is 1.00 bits per heavy atom. The highest BCUT2D eigenvalue weighted by atomic mass is 16.5. The predicted molar refractivity (Wildman–Crippen MR) is 104 cm³/mol. The van der Waals surface area contributed by atoms with Crippen LogP contribution >= 0.6 is 0 Å². The van der Waals surface area contributed by atoms with Crippen molar-refractivity contribution < 1.29 is 19.7 Å². The van der Waals surface area contributed by atoms with Gasteiger partial charge in [-0.3, -0.25) is 4.79 Å². The minimum absolute atomic E-state index is 0.272. The van der Waals surface area contributed by atoms with Gasteiger partial charge in [-0.1, -0.05) is 26.0 Å². The summed E-state index contributed by atoms with van der Waals surface area (Å²) in [5, 5.41) is 18.8. The van der Waals surface area contributed by atoms with Crippen LogP contribution in [-0.4, -0.2) is 22.2 Å². The average Bonchev–Trinajstić information content (AvgIpc) is 2.57. The smallest absolute Gasteiger partial charge is 0.320 e. The number of phenolic OH excluding ortho intramolecular Hbond substituents is 1. The van der Waals surface area contributed by atoms with Gasteiger partial charge in [0, 0.05) is 0 Å². The van der Waals surface area contributed by atoms with Crippen molar-refractivity contribution in [3.63, 3.8) is 0 Å². The van der Waals surface area contributed by atoms with E-state index in [1.54, 1.807) is 12.1 Å². The quantitative estimate of drug-likeness (QED) is 0.736. The van der Waals surface area contributed by atoms with Crippen LogP contribution in [0.3, 0.4) is 0 Å². The Morgan fingerprint density at radius 2 is 1.46 bits per heavy atom. The Bertz CT molecular complexity index is 738. The zero-order chi connectivity index (χ0) is 20.0. The molecule has 1 unspecified atom stereocenters. The van der Waals surface area contributed by atoms with Crippen LogP contribution in [0.25, 0.3) is 0 Å². The van der Waals surface area contributed by atoms with E-state index in [-0.39, 0.29) is 12.2 Å². The van der Waals surface area contributed by atoms with Crippen molar-refractivity contribution in [2.24, 2.45) is 5.73 Å². The van der Waals surface area contributed by atoms with Crippen molar-refractivity contribution in [1.82, 2.24) is 0 Å². The summed E-state index contributed by atoms with van der Waals surface area (Å²) in [6.07, 6.45) is 0.273. The number of hydrogen-bond acceptors (Lipinski definition) is 4. The van der Waals surface area contributed by atoms with Crippen molar-refractivity contribution >= 4 is 5.97 Å². The third-order valence-corrected chi connectivity index (χ3v) is 3.98. The first-order valence-electron chi connectivity index (χ1n) is 8.75. The van der Waals surface area contributed by atoms with Crippen molar-refractivity contribution in [3.8, 4) is 17.2 Å². The normalized spacial score (nSPS) is 11.3. The second-order valence-electron chi connectivity index (χ2n) is 6.22. The third kappa shape index (κ3) is 5.23. The number of aryl methyl sites for hydroxylation is 4. The number of benzene rings is 2. The van der Waals surface area contributed by atoms with E-state index in [0.717, 1.165) is 33.6 Å². The number of aromatic hydroxyl groups is 1. The van der Waals surface area contributed by atoms with Crippen LogP contribution in [0.1, 0.15) is 41.7 Å². The third-order valence-electron chi connectivity index (χ3n) is 3.98. The van der Waals surface area contributed by atoms with Gasteiger partial charge >= 0.3 is 5.97 Å². The Morgan fingerprint density at radius 3 is 1.88 bits per heavy atom.